The number of rotatable bonds is 5. The fourth-order valence-corrected chi connectivity index (χ4v) is 3.08. The van der Waals surface area contributed by atoms with Crippen molar-refractivity contribution in [1.29, 1.82) is 0 Å². The fraction of sp³-hybridized carbons (Fsp3) is 0.143. The second kappa shape index (κ2) is 7.23. The zero-order valence-electron chi connectivity index (χ0n) is 15.3. The van der Waals surface area contributed by atoms with Crippen LogP contribution in [0.25, 0.3) is 22.6 Å². The lowest BCUT2D eigenvalue weighted by Crippen LogP contribution is -2.23. The maximum Gasteiger partial charge on any atom is 0.266 e. The molecule has 2 aromatic heterocycles. The van der Waals surface area contributed by atoms with E-state index in [0.29, 0.717) is 41.9 Å². The minimum absolute atomic E-state index is 0.197. The van der Waals surface area contributed by atoms with Crippen molar-refractivity contribution < 1.29 is 14.0 Å². The molecule has 0 amide bonds. The standard InChI is InChI=1S/C21H16N4O4/c26-20-9-7-16(15-6-8-17-18(12-15)28-13-27-17)23-25(20)11-10-19-22-21(24-29-19)14-4-2-1-3-5-14/h1-9,12H,10-11,13H2. The van der Waals surface area contributed by atoms with Gasteiger partial charge in [0, 0.05) is 23.6 Å². The number of hydrogen-bond acceptors (Lipinski definition) is 7. The van der Waals surface area contributed by atoms with Gasteiger partial charge in [-0.05, 0) is 24.3 Å². The first kappa shape index (κ1) is 17.2. The lowest BCUT2D eigenvalue weighted by Gasteiger charge is -2.06. The first-order valence-corrected chi connectivity index (χ1v) is 9.12. The van der Waals surface area contributed by atoms with Gasteiger partial charge in [-0.2, -0.15) is 10.1 Å². The molecule has 4 aromatic rings. The molecule has 0 spiro atoms. The van der Waals surface area contributed by atoms with Crippen LogP contribution in [0.3, 0.4) is 0 Å². The predicted molar refractivity (Wildman–Crippen MR) is 103 cm³/mol. The fourth-order valence-electron chi connectivity index (χ4n) is 3.08. The van der Waals surface area contributed by atoms with E-state index in [2.05, 4.69) is 15.2 Å². The summed E-state index contributed by atoms with van der Waals surface area (Å²) in [6.07, 6.45) is 0.400. The topological polar surface area (TPSA) is 92.3 Å². The Bertz CT molecular complexity index is 1220. The maximum absolute atomic E-state index is 12.2. The van der Waals surface area contributed by atoms with E-state index in [1.54, 1.807) is 6.07 Å². The van der Waals surface area contributed by atoms with E-state index < -0.39 is 0 Å². The van der Waals surface area contributed by atoms with Crippen molar-refractivity contribution in [2.24, 2.45) is 0 Å². The quantitative estimate of drug-likeness (QED) is 0.519. The summed E-state index contributed by atoms with van der Waals surface area (Å²) in [5.41, 5.74) is 2.19. The third-order valence-corrected chi connectivity index (χ3v) is 4.57. The second-order valence-electron chi connectivity index (χ2n) is 6.48. The lowest BCUT2D eigenvalue weighted by atomic mass is 10.1. The first-order valence-electron chi connectivity index (χ1n) is 9.12. The van der Waals surface area contributed by atoms with Crippen LogP contribution in [0.15, 0.2) is 70.0 Å². The number of aryl methyl sites for hydroxylation is 2. The third-order valence-electron chi connectivity index (χ3n) is 4.57. The highest BCUT2D eigenvalue weighted by Crippen LogP contribution is 2.35. The molecule has 2 aromatic carbocycles. The van der Waals surface area contributed by atoms with Crippen molar-refractivity contribution >= 4 is 0 Å². The number of fused-ring (bicyclic) bond motifs is 1. The zero-order valence-corrected chi connectivity index (χ0v) is 15.3. The van der Waals surface area contributed by atoms with Gasteiger partial charge in [-0.1, -0.05) is 35.5 Å². The van der Waals surface area contributed by atoms with E-state index >= 15 is 0 Å². The minimum atomic E-state index is -0.197. The molecule has 0 fully saturated rings. The van der Waals surface area contributed by atoms with Crippen LogP contribution in [0, 0.1) is 0 Å². The molecule has 0 unspecified atom stereocenters. The van der Waals surface area contributed by atoms with Crippen molar-refractivity contribution in [3.05, 3.63) is 76.9 Å². The Morgan fingerprint density at radius 2 is 1.79 bits per heavy atom. The summed E-state index contributed by atoms with van der Waals surface area (Å²) in [7, 11) is 0. The van der Waals surface area contributed by atoms with E-state index in [4.69, 9.17) is 14.0 Å². The molecule has 8 heteroatoms. The Morgan fingerprint density at radius 3 is 2.69 bits per heavy atom. The number of hydrogen-bond donors (Lipinski definition) is 0. The summed E-state index contributed by atoms with van der Waals surface area (Å²) in [5, 5.41) is 8.47. The third kappa shape index (κ3) is 3.47. The summed E-state index contributed by atoms with van der Waals surface area (Å²) >= 11 is 0. The molecule has 1 aliphatic heterocycles. The number of benzene rings is 2. The molecule has 8 nitrogen and oxygen atoms in total. The average molecular weight is 388 g/mol. The molecule has 0 saturated heterocycles. The molecule has 5 rings (SSSR count). The molecule has 0 atom stereocenters. The van der Waals surface area contributed by atoms with Gasteiger partial charge in [-0.15, -0.1) is 0 Å². The van der Waals surface area contributed by atoms with Crippen LogP contribution in [-0.4, -0.2) is 26.7 Å². The molecule has 0 saturated carbocycles. The molecule has 0 aliphatic carbocycles. The van der Waals surface area contributed by atoms with Crippen molar-refractivity contribution in [1.82, 2.24) is 19.9 Å². The van der Waals surface area contributed by atoms with E-state index in [0.717, 1.165) is 11.1 Å². The largest absolute Gasteiger partial charge is 0.454 e. The average Bonchev–Trinajstić information content (AvgIpc) is 3.43. The van der Waals surface area contributed by atoms with Gasteiger partial charge in [-0.25, -0.2) is 4.68 Å². The predicted octanol–water partition coefficient (Wildman–Crippen LogP) is 2.93. The molecular formula is C21H16N4O4. The summed E-state index contributed by atoms with van der Waals surface area (Å²) in [4.78, 5) is 16.6. The second-order valence-corrected chi connectivity index (χ2v) is 6.48. The van der Waals surface area contributed by atoms with Gasteiger partial charge in [0.1, 0.15) is 0 Å². The molecule has 3 heterocycles. The molecule has 1 aliphatic rings. The highest BCUT2D eigenvalue weighted by atomic mass is 16.7. The van der Waals surface area contributed by atoms with Crippen LogP contribution in [0.1, 0.15) is 5.89 Å². The van der Waals surface area contributed by atoms with Crippen molar-refractivity contribution in [3.63, 3.8) is 0 Å². The minimum Gasteiger partial charge on any atom is -0.454 e. The molecule has 0 bridgehead atoms. The zero-order chi connectivity index (χ0) is 19.6. The Hall–Kier alpha value is -3.94. The molecule has 0 N–H and O–H groups in total. The highest BCUT2D eigenvalue weighted by Gasteiger charge is 2.15. The normalized spacial score (nSPS) is 12.3. The SMILES string of the molecule is O=c1ccc(-c2ccc3c(c2)OCO3)nn1CCc1nc(-c2ccccc2)no1. The first-order chi connectivity index (χ1) is 14.3. The van der Waals surface area contributed by atoms with Crippen LogP contribution < -0.4 is 15.0 Å². The molecular weight excluding hydrogens is 372 g/mol. The van der Waals surface area contributed by atoms with Crippen molar-refractivity contribution in [2.75, 3.05) is 6.79 Å². The van der Waals surface area contributed by atoms with Gasteiger partial charge in [0.15, 0.2) is 11.5 Å². The highest BCUT2D eigenvalue weighted by molar-refractivity contribution is 5.63. The number of ether oxygens (including phenoxy) is 2. The van der Waals surface area contributed by atoms with E-state index in [1.807, 2.05) is 48.5 Å². The van der Waals surface area contributed by atoms with Gasteiger partial charge in [0.2, 0.25) is 18.5 Å². The Balaban J connectivity index is 1.35. The van der Waals surface area contributed by atoms with E-state index in [-0.39, 0.29) is 12.4 Å². The maximum atomic E-state index is 12.2. The summed E-state index contributed by atoms with van der Waals surface area (Å²) < 4.78 is 17.5. The van der Waals surface area contributed by atoms with Crippen LogP contribution in [-0.2, 0) is 13.0 Å². The molecule has 0 radical (unpaired) electrons. The molecule has 29 heavy (non-hydrogen) atoms. The van der Waals surface area contributed by atoms with Crippen molar-refractivity contribution in [2.45, 2.75) is 13.0 Å². The van der Waals surface area contributed by atoms with Crippen LogP contribution in [0.2, 0.25) is 0 Å². The van der Waals surface area contributed by atoms with Gasteiger partial charge in [0.25, 0.3) is 5.56 Å². The van der Waals surface area contributed by atoms with Gasteiger partial charge in [-0.3, -0.25) is 4.79 Å². The van der Waals surface area contributed by atoms with Crippen LogP contribution in [0.4, 0.5) is 0 Å². The van der Waals surface area contributed by atoms with Gasteiger partial charge < -0.3 is 14.0 Å². The monoisotopic (exact) mass is 388 g/mol. The smallest absolute Gasteiger partial charge is 0.266 e. The van der Waals surface area contributed by atoms with Crippen LogP contribution >= 0.6 is 0 Å². The lowest BCUT2D eigenvalue weighted by molar-refractivity contribution is 0.174. The summed E-state index contributed by atoms with van der Waals surface area (Å²) in [6, 6.07) is 18.3. The summed E-state index contributed by atoms with van der Waals surface area (Å²) in [6.45, 7) is 0.536. The van der Waals surface area contributed by atoms with Crippen LogP contribution in [0.5, 0.6) is 11.5 Å². The van der Waals surface area contributed by atoms with E-state index in [9.17, 15) is 4.79 Å². The van der Waals surface area contributed by atoms with E-state index in [1.165, 1.54) is 10.7 Å². The number of aromatic nitrogens is 4. The molecule has 144 valence electrons. The Morgan fingerprint density at radius 1 is 0.931 bits per heavy atom. The Labute approximate surface area is 165 Å². The Kier molecular flexibility index (Phi) is 4.28. The van der Waals surface area contributed by atoms with Gasteiger partial charge in [0.05, 0.1) is 12.2 Å². The number of nitrogens with zero attached hydrogens (tertiary/aromatic N) is 4. The van der Waals surface area contributed by atoms with Crippen molar-refractivity contribution in [3.8, 4) is 34.1 Å². The summed E-state index contributed by atoms with van der Waals surface area (Å²) in [5.74, 6) is 2.34. The van der Waals surface area contributed by atoms with Gasteiger partial charge >= 0.3 is 0 Å².